The average molecular weight is 456 g/mol. The molecule has 124 valence electrons. The van der Waals surface area contributed by atoms with Crippen LogP contribution in [0.1, 0.15) is 6.92 Å². The number of nitrogens with one attached hydrogen (secondary N) is 1. The minimum Gasteiger partial charge on any atom is -0.668 e. The van der Waals surface area contributed by atoms with Gasteiger partial charge in [-0.3, -0.25) is 10.3 Å². The first kappa shape index (κ1) is 25.4. The van der Waals surface area contributed by atoms with E-state index >= 15 is 0 Å². The molecular formula is C14H34N5W-3. The van der Waals surface area contributed by atoms with Crippen molar-refractivity contribution in [3.8, 4) is 0 Å². The van der Waals surface area contributed by atoms with Crippen LogP contribution >= 0.6 is 0 Å². The molecule has 0 atom stereocenters. The van der Waals surface area contributed by atoms with Crippen LogP contribution in [0, 0.1) is 14.4 Å². The first-order valence-electron chi connectivity index (χ1n) is 6.85. The first-order chi connectivity index (χ1) is 8.71. The van der Waals surface area contributed by atoms with Crippen LogP contribution in [-0.4, -0.2) is 88.3 Å². The Morgan fingerprint density at radius 2 is 1.70 bits per heavy atom. The summed E-state index contributed by atoms with van der Waals surface area (Å²) in [6.07, 6.45) is 0. The SMILES string of the molecule is C[N-]C.[CH2-]CN(CC)CCN1CCN(NC)CC1.[CH3-].[W]. The van der Waals surface area contributed by atoms with Gasteiger partial charge in [-0.15, -0.1) is 6.54 Å². The van der Waals surface area contributed by atoms with Crippen LogP contribution in [0.25, 0.3) is 5.32 Å². The number of rotatable bonds is 6. The fourth-order valence-electron chi connectivity index (χ4n) is 1.91. The van der Waals surface area contributed by atoms with E-state index in [4.69, 9.17) is 0 Å². The molecule has 0 aromatic rings. The Hall–Kier alpha value is 0.488. The van der Waals surface area contributed by atoms with E-state index in [0.717, 1.165) is 32.7 Å². The molecule has 0 spiro atoms. The van der Waals surface area contributed by atoms with Gasteiger partial charge in [0.25, 0.3) is 0 Å². The third-order valence-corrected chi connectivity index (χ3v) is 3.18. The summed E-state index contributed by atoms with van der Waals surface area (Å²) >= 11 is 0. The van der Waals surface area contributed by atoms with Gasteiger partial charge in [0.1, 0.15) is 0 Å². The summed E-state index contributed by atoms with van der Waals surface area (Å²) in [6, 6.07) is 0. The zero-order chi connectivity index (χ0) is 13.8. The number of nitrogens with zero attached hydrogens (tertiary/aromatic N) is 4. The van der Waals surface area contributed by atoms with Crippen molar-refractivity contribution in [2.24, 2.45) is 0 Å². The summed E-state index contributed by atoms with van der Waals surface area (Å²) in [7, 11) is 5.50. The van der Waals surface area contributed by atoms with Crippen LogP contribution in [-0.2, 0) is 21.1 Å². The largest absolute Gasteiger partial charge is 0.668 e. The Bertz CT molecular complexity index is 171. The van der Waals surface area contributed by atoms with Crippen LogP contribution in [0.3, 0.4) is 0 Å². The monoisotopic (exact) mass is 456 g/mol. The normalized spacial score (nSPS) is 15.9. The summed E-state index contributed by atoms with van der Waals surface area (Å²) in [5, 5.41) is 5.77. The molecule has 0 aromatic carbocycles. The average Bonchev–Trinajstić information content (AvgIpc) is 2.41. The van der Waals surface area contributed by atoms with Gasteiger partial charge in [-0.1, -0.05) is 6.92 Å². The van der Waals surface area contributed by atoms with Gasteiger partial charge in [-0.05, 0) is 13.6 Å². The van der Waals surface area contributed by atoms with Crippen molar-refractivity contribution in [3.05, 3.63) is 19.7 Å². The topological polar surface area (TPSA) is 35.9 Å². The third kappa shape index (κ3) is 12.2. The van der Waals surface area contributed by atoms with Crippen molar-refractivity contribution in [1.29, 1.82) is 0 Å². The van der Waals surface area contributed by atoms with Crippen molar-refractivity contribution >= 4 is 0 Å². The molecule has 0 amide bonds. The maximum absolute atomic E-state index is 3.94. The van der Waals surface area contributed by atoms with Gasteiger partial charge in [0, 0.05) is 60.3 Å². The number of hydrazine groups is 1. The molecule has 0 aliphatic carbocycles. The van der Waals surface area contributed by atoms with Crippen molar-refractivity contribution < 1.29 is 21.1 Å². The Balaban J connectivity index is -0.000000530. The molecule has 1 saturated heterocycles. The second-order valence-electron chi connectivity index (χ2n) is 4.43. The second-order valence-corrected chi connectivity index (χ2v) is 4.43. The van der Waals surface area contributed by atoms with E-state index in [0.29, 0.717) is 0 Å². The first-order valence-corrected chi connectivity index (χ1v) is 6.85. The van der Waals surface area contributed by atoms with Crippen LogP contribution in [0.5, 0.6) is 0 Å². The molecule has 0 saturated carbocycles. The summed E-state index contributed by atoms with van der Waals surface area (Å²) < 4.78 is 0. The zero-order valence-corrected chi connectivity index (χ0v) is 17.0. The van der Waals surface area contributed by atoms with Crippen molar-refractivity contribution in [2.75, 3.05) is 73.5 Å². The molecule has 1 fully saturated rings. The van der Waals surface area contributed by atoms with E-state index in [-0.39, 0.29) is 28.5 Å². The molecule has 1 heterocycles. The number of piperazine rings is 1. The molecule has 0 bridgehead atoms. The number of likely N-dealkylation sites (N-methyl/N-ethyl adjacent to an activating group) is 1. The Labute approximate surface area is 141 Å². The van der Waals surface area contributed by atoms with E-state index in [1.807, 2.05) is 7.05 Å². The van der Waals surface area contributed by atoms with E-state index in [1.165, 1.54) is 19.6 Å². The van der Waals surface area contributed by atoms with Crippen LogP contribution < -0.4 is 5.43 Å². The molecule has 20 heavy (non-hydrogen) atoms. The molecule has 0 radical (unpaired) electrons. The molecule has 1 rings (SSSR count). The number of hydrogen-bond acceptors (Lipinski definition) is 4. The van der Waals surface area contributed by atoms with Gasteiger partial charge in [0.05, 0.1) is 0 Å². The Kier molecular flexibility index (Phi) is 22.3. The fourth-order valence-corrected chi connectivity index (χ4v) is 1.91. The molecule has 1 aliphatic rings. The minimum absolute atomic E-state index is 0. The van der Waals surface area contributed by atoms with Gasteiger partial charge >= 0.3 is 0 Å². The Morgan fingerprint density at radius 1 is 1.20 bits per heavy atom. The van der Waals surface area contributed by atoms with Gasteiger partial charge < -0.3 is 24.6 Å². The van der Waals surface area contributed by atoms with E-state index in [2.05, 4.69) is 39.4 Å². The summed E-state index contributed by atoms with van der Waals surface area (Å²) in [5.74, 6) is 0. The maximum atomic E-state index is 3.94. The molecule has 0 aromatic heterocycles. The predicted octanol–water partition coefficient (Wildman–Crippen LogP) is 0.962. The summed E-state index contributed by atoms with van der Waals surface area (Å²) in [4.78, 5) is 4.91. The van der Waals surface area contributed by atoms with Crippen LogP contribution in [0.4, 0.5) is 0 Å². The van der Waals surface area contributed by atoms with E-state index in [1.54, 1.807) is 14.1 Å². The molecule has 0 unspecified atom stereocenters. The van der Waals surface area contributed by atoms with Gasteiger partial charge in [-0.25, -0.2) is 5.01 Å². The van der Waals surface area contributed by atoms with Crippen molar-refractivity contribution in [2.45, 2.75) is 6.92 Å². The molecular weight excluding hydrogens is 422 g/mol. The zero-order valence-electron chi connectivity index (χ0n) is 14.1. The van der Waals surface area contributed by atoms with E-state index < -0.39 is 0 Å². The standard InChI is InChI=1S/C11H25N4.C2H6N.CH3.W/c1-4-13(5-2)6-7-14-8-10-15(12-3)11-9-14;1-3-2;;/h12H,1,4-11H2,2-3H3;1-2H3;1H3;/q3*-1;. The van der Waals surface area contributed by atoms with Gasteiger partial charge in [0.2, 0.25) is 0 Å². The smallest absolute Gasteiger partial charge is 0.0259 e. The van der Waals surface area contributed by atoms with Crippen LogP contribution in [0.15, 0.2) is 0 Å². The third-order valence-electron chi connectivity index (χ3n) is 3.18. The van der Waals surface area contributed by atoms with Crippen LogP contribution in [0.2, 0.25) is 0 Å². The number of hydrogen-bond donors (Lipinski definition) is 1. The minimum atomic E-state index is 0. The van der Waals surface area contributed by atoms with Crippen molar-refractivity contribution in [3.63, 3.8) is 0 Å². The quantitative estimate of drug-likeness (QED) is 0.605. The van der Waals surface area contributed by atoms with Crippen molar-refractivity contribution in [1.82, 2.24) is 20.2 Å². The molecule has 1 N–H and O–H groups in total. The van der Waals surface area contributed by atoms with E-state index in [9.17, 15) is 0 Å². The summed E-state index contributed by atoms with van der Waals surface area (Å²) in [5.41, 5.74) is 3.20. The summed E-state index contributed by atoms with van der Waals surface area (Å²) in [6.45, 7) is 15.1. The Morgan fingerprint density at radius 3 is 2.05 bits per heavy atom. The second kappa shape index (κ2) is 17.5. The van der Waals surface area contributed by atoms with Gasteiger partial charge in [0.15, 0.2) is 0 Å². The molecule has 6 heteroatoms. The molecule has 5 nitrogen and oxygen atoms in total. The molecule has 1 aliphatic heterocycles. The fraction of sp³-hybridized carbons (Fsp3) is 0.857. The van der Waals surface area contributed by atoms with Gasteiger partial charge in [-0.2, -0.15) is 14.1 Å². The predicted molar refractivity (Wildman–Crippen MR) is 86.2 cm³/mol. The maximum Gasteiger partial charge on any atom is 0.0259 e.